The van der Waals surface area contributed by atoms with Gasteiger partial charge in [-0.15, -0.1) is 6.58 Å². The minimum absolute atomic E-state index is 0.243. The van der Waals surface area contributed by atoms with Gasteiger partial charge in [-0.05, 0) is 30.1 Å². The van der Waals surface area contributed by atoms with E-state index in [0.717, 1.165) is 6.42 Å². The molecule has 2 bridgehead atoms. The summed E-state index contributed by atoms with van der Waals surface area (Å²) in [5, 5.41) is 0. The first kappa shape index (κ1) is 14.3. The van der Waals surface area contributed by atoms with Crippen LogP contribution in [0, 0.1) is 23.2 Å². The third-order valence-corrected chi connectivity index (χ3v) is 7.44. The summed E-state index contributed by atoms with van der Waals surface area (Å²) in [6.45, 7) is 9.21. The van der Waals surface area contributed by atoms with Crippen molar-refractivity contribution in [2.24, 2.45) is 23.2 Å². The number of hydrogen-bond acceptors (Lipinski definition) is 4. The molecule has 5 rings (SSSR count). The van der Waals surface area contributed by atoms with Crippen LogP contribution in [0.2, 0.25) is 0 Å². The molecule has 0 N–H and O–H groups in total. The maximum atomic E-state index is 12.0. The number of nitrogens with zero attached hydrogens (tertiary/aromatic N) is 1. The minimum Gasteiger partial charge on any atom is -0.596 e. The van der Waals surface area contributed by atoms with Crippen LogP contribution in [0.15, 0.2) is 12.6 Å². The maximum absolute atomic E-state index is 12.0. The Morgan fingerprint density at radius 3 is 2.27 bits per heavy atom. The standard InChI is InChI=1S/C16H24BNO4/c1-5-17-18(8-14(19)21-17,9-15(20)22-17)13-7-11-6-12(10(13)2)16(11,3)4/h5,10-13H,1,6-9H2,2-4H3/t10-,11+,12-,13-,17?,18?/m1/s1. The minimum atomic E-state index is -2.07. The first-order valence-corrected chi connectivity index (χ1v) is 8.34. The quantitative estimate of drug-likeness (QED) is 0.728. The van der Waals surface area contributed by atoms with Crippen molar-refractivity contribution in [3.63, 3.8) is 0 Å². The van der Waals surface area contributed by atoms with Crippen LogP contribution in [0.4, 0.5) is 0 Å². The Balaban J connectivity index is 1.76. The van der Waals surface area contributed by atoms with Gasteiger partial charge in [-0.3, -0.25) is 9.59 Å². The van der Waals surface area contributed by atoms with Crippen LogP contribution in [0.5, 0.6) is 0 Å². The molecule has 4 atom stereocenters. The van der Waals surface area contributed by atoms with Crippen molar-refractivity contribution in [1.29, 1.82) is 0 Å². The Bertz CT molecular complexity index is 567. The molecule has 0 amide bonds. The monoisotopic (exact) mass is 305 g/mol. The Hall–Kier alpha value is -1.30. The summed E-state index contributed by atoms with van der Waals surface area (Å²) in [6, 6.07) is 0.243. The molecule has 6 heteroatoms. The van der Waals surface area contributed by atoms with Gasteiger partial charge >= 0.3 is 18.6 Å². The Morgan fingerprint density at radius 1 is 1.23 bits per heavy atom. The summed E-state index contributed by atoms with van der Waals surface area (Å²) in [6.07, 6.45) is 2.30. The number of carbonyl (C=O) groups excluding carboxylic acids is 2. The number of fused-ring (bicyclic) bond motifs is 4. The molecule has 0 aromatic heterocycles. The molecule has 22 heavy (non-hydrogen) atoms. The lowest BCUT2D eigenvalue weighted by atomic mass is 9.43. The van der Waals surface area contributed by atoms with Crippen LogP contribution in [0.1, 0.15) is 33.6 Å². The topological polar surface area (TPSA) is 52.6 Å². The summed E-state index contributed by atoms with van der Waals surface area (Å²) in [4.78, 5) is 24.1. The number of rotatable bonds is 2. The van der Waals surface area contributed by atoms with Crippen LogP contribution >= 0.6 is 0 Å². The third kappa shape index (κ3) is 1.40. The highest BCUT2D eigenvalue weighted by atomic mass is 16.7. The van der Waals surface area contributed by atoms with E-state index in [1.54, 1.807) is 5.98 Å². The van der Waals surface area contributed by atoms with Crippen molar-refractivity contribution < 1.29 is 23.3 Å². The molecule has 3 aliphatic carbocycles. The van der Waals surface area contributed by atoms with Gasteiger partial charge < -0.3 is 13.7 Å². The fourth-order valence-corrected chi connectivity index (χ4v) is 6.08. The predicted octanol–water partition coefficient (Wildman–Crippen LogP) is 1.65. The molecule has 0 aromatic carbocycles. The fourth-order valence-electron chi connectivity index (χ4n) is 6.08. The molecule has 0 unspecified atom stereocenters. The van der Waals surface area contributed by atoms with Crippen LogP contribution in [-0.4, -0.2) is 42.2 Å². The van der Waals surface area contributed by atoms with Crippen molar-refractivity contribution >= 4 is 18.6 Å². The van der Waals surface area contributed by atoms with E-state index in [1.807, 2.05) is 0 Å². The zero-order valence-electron chi connectivity index (χ0n) is 13.6. The van der Waals surface area contributed by atoms with E-state index in [-0.39, 0.29) is 31.1 Å². The predicted molar refractivity (Wildman–Crippen MR) is 81.1 cm³/mol. The molecular weight excluding hydrogens is 281 g/mol. The second-order valence-electron chi connectivity index (χ2n) is 8.39. The lowest BCUT2D eigenvalue weighted by Gasteiger charge is -2.66. The van der Waals surface area contributed by atoms with Gasteiger partial charge in [0.1, 0.15) is 13.1 Å². The molecular formula is C16H24BNO4. The summed E-state index contributed by atoms with van der Waals surface area (Å²) in [5.74, 6) is 2.80. The SMILES string of the molecule is C=C[B-]12OC(=O)C[N+]1([C@@H]1C[C@@H]3C[C@H]([C@H]1C)C3(C)C)CC(=O)O2. The molecule has 5 nitrogen and oxygen atoms in total. The van der Waals surface area contributed by atoms with Gasteiger partial charge in [-0.2, -0.15) is 0 Å². The van der Waals surface area contributed by atoms with Gasteiger partial charge in [0.25, 0.3) is 0 Å². The van der Waals surface area contributed by atoms with Crippen LogP contribution in [-0.2, 0) is 18.9 Å². The van der Waals surface area contributed by atoms with Crippen LogP contribution in [0.25, 0.3) is 0 Å². The van der Waals surface area contributed by atoms with E-state index in [0.29, 0.717) is 27.6 Å². The van der Waals surface area contributed by atoms with Crippen molar-refractivity contribution in [2.45, 2.75) is 39.7 Å². The van der Waals surface area contributed by atoms with Gasteiger partial charge in [0.2, 0.25) is 0 Å². The average Bonchev–Trinajstić information content (AvgIpc) is 2.85. The van der Waals surface area contributed by atoms with Crippen LogP contribution in [0.3, 0.4) is 0 Å². The molecule has 2 aliphatic heterocycles. The van der Waals surface area contributed by atoms with Crippen molar-refractivity contribution in [3.05, 3.63) is 12.6 Å². The van der Waals surface area contributed by atoms with Gasteiger partial charge in [-0.1, -0.05) is 26.7 Å². The van der Waals surface area contributed by atoms with Crippen LogP contribution < -0.4 is 0 Å². The first-order chi connectivity index (χ1) is 10.3. The smallest absolute Gasteiger partial charge is 0.596 e. The van der Waals surface area contributed by atoms with Crippen molar-refractivity contribution in [3.8, 4) is 0 Å². The van der Waals surface area contributed by atoms with Gasteiger partial charge in [0.15, 0.2) is 0 Å². The molecule has 0 radical (unpaired) electrons. The fraction of sp³-hybridized carbons (Fsp3) is 0.750. The number of quaternary nitrogens is 1. The lowest BCUT2D eigenvalue weighted by Crippen LogP contribution is -2.73. The molecule has 2 saturated heterocycles. The highest BCUT2D eigenvalue weighted by Crippen LogP contribution is 2.64. The molecule has 5 aliphatic rings. The highest BCUT2D eigenvalue weighted by Gasteiger charge is 2.71. The Labute approximate surface area is 131 Å². The van der Waals surface area contributed by atoms with E-state index in [9.17, 15) is 9.59 Å². The van der Waals surface area contributed by atoms with E-state index < -0.39 is 6.69 Å². The third-order valence-electron chi connectivity index (χ3n) is 7.44. The Morgan fingerprint density at radius 2 is 1.82 bits per heavy atom. The lowest BCUT2D eigenvalue weighted by molar-refractivity contribution is -0.850. The summed E-state index contributed by atoms with van der Waals surface area (Å²) in [5.41, 5.74) is 0.368. The van der Waals surface area contributed by atoms with E-state index in [2.05, 4.69) is 27.4 Å². The molecule has 0 spiro atoms. The van der Waals surface area contributed by atoms with E-state index in [1.165, 1.54) is 6.42 Å². The summed E-state index contributed by atoms with van der Waals surface area (Å²) < 4.78 is 11.4. The first-order valence-electron chi connectivity index (χ1n) is 8.34. The Kier molecular flexibility index (Phi) is 2.58. The van der Waals surface area contributed by atoms with Gasteiger partial charge in [-0.25, -0.2) is 0 Å². The largest absolute Gasteiger partial charge is 0.607 e. The second-order valence-corrected chi connectivity index (χ2v) is 8.39. The van der Waals surface area contributed by atoms with Gasteiger partial charge in [0, 0.05) is 5.92 Å². The number of carbonyl (C=O) groups is 2. The zero-order valence-corrected chi connectivity index (χ0v) is 13.6. The number of hydrogen-bond donors (Lipinski definition) is 0. The van der Waals surface area contributed by atoms with Crippen molar-refractivity contribution in [1.82, 2.24) is 0 Å². The highest BCUT2D eigenvalue weighted by molar-refractivity contribution is 6.71. The average molecular weight is 305 g/mol. The normalized spacial score (nSPS) is 51.6. The molecule has 3 saturated carbocycles. The molecule has 5 fully saturated rings. The summed E-state index contributed by atoms with van der Waals surface area (Å²) in [7, 11) is 0. The van der Waals surface area contributed by atoms with Crippen molar-refractivity contribution in [2.75, 3.05) is 13.1 Å². The molecule has 0 aromatic rings. The molecule has 2 heterocycles. The zero-order chi connectivity index (χ0) is 15.9. The van der Waals surface area contributed by atoms with E-state index >= 15 is 0 Å². The van der Waals surface area contributed by atoms with E-state index in [4.69, 9.17) is 9.31 Å². The molecule has 120 valence electrons. The summed E-state index contributed by atoms with van der Waals surface area (Å²) >= 11 is 0. The second kappa shape index (κ2) is 3.96. The maximum Gasteiger partial charge on any atom is 0.607 e. The van der Waals surface area contributed by atoms with Gasteiger partial charge in [0.05, 0.1) is 6.04 Å².